The van der Waals surface area contributed by atoms with Crippen molar-refractivity contribution in [2.24, 2.45) is 0 Å². The Kier molecular flexibility index (Phi) is 7.14. The van der Waals surface area contributed by atoms with Crippen LogP contribution in [0.2, 0.25) is 0 Å². The number of rotatable bonds is 7. The van der Waals surface area contributed by atoms with E-state index in [1.807, 2.05) is 19.1 Å². The van der Waals surface area contributed by atoms with Crippen LogP contribution in [0.3, 0.4) is 0 Å². The largest absolute Gasteiger partial charge is 0.351 e. The molecule has 0 aliphatic carbocycles. The molecule has 2 aromatic rings. The van der Waals surface area contributed by atoms with E-state index in [0.29, 0.717) is 17.7 Å². The highest BCUT2D eigenvalue weighted by Crippen LogP contribution is 2.09. The summed E-state index contributed by atoms with van der Waals surface area (Å²) >= 11 is 0. The van der Waals surface area contributed by atoms with E-state index in [2.05, 4.69) is 10.6 Å². The first kappa shape index (κ1) is 18.9. The Morgan fingerprint density at radius 1 is 1.08 bits per heavy atom. The van der Waals surface area contributed by atoms with Crippen molar-refractivity contribution >= 4 is 17.9 Å². The van der Waals surface area contributed by atoms with Crippen molar-refractivity contribution in [3.05, 3.63) is 77.0 Å². The summed E-state index contributed by atoms with van der Waals surface area (Å²) in [7, 11) is 0. The summed E-state index contributed by atoms with van der Waals surface area (Å²) in [6.07, 6.45) is 3.43. The Morgan fingerprint density at radius 2 is 1.77 bits per heavy atom. The lowest BCUT2D eigenvalue weighted by atomic mass is 10.1. The van der Waals surface area contributed by atoms with Gasteiger partial charge in [-0.05, 0) is 42.3 Å². The Bertz CT molecular complexity index is 819. The van der Waals surface area contributed by atoms with Crippen LogP contribution in [0.5, 0.6) is 0 Å². The summed E-state index contributed by atoms with van der Waals surface area (Å²) in [6, 6.07) is 17.6. The highest BCUT2D eigenvalue weighted by molar-refractivity contribution is 6.05. The summed E-state index contributed by atoms with van der Waals surface area (Å²) in [5, 5.41) is 14.4. The molecular weight excluding hydrogens is 326 g/mol. The zero-order chi connectivity index (χ0) is 18.8. The Balaban J connectivity index is 2.22. The zero-order valence-corrected chi connectivity index (χ0v) is 14.7. The van der Waals surface area contributed by atoms with Gasteiger partial charge in [-0.3, -0.25) is 9.59 Å². The van der Waals surface area contributed by atoms with Crippen LogP contribution in [0, 0.1) is 11.3 Å². The van der Waals surface area contributed by atoms with Gasteiger partial charge in [0.25, 0.3) is 11.8 Å². The number of nitriles is 1. The van der Waals surface area contributed by atoms with Gasteiger partial charge in [0.15, 0.2) is 0 Å². The van der Waals surface area contributed by atoms with E-state index >= 15 is 0 Å². The molecule has 2 rings (SSSR count). The van der Waals surface area contributed by atoms with E-state index in [-0.39, 0.29) is 17.5 Å². The van der Waals surface area contributed by atoms with Crippen LogP contribution in [0.15, 0.2) is 60.3 Å². The first-order valence-corrected chi connectivity index (χ1v) is 8.50. The number of unbranched alkanes of at least 4 members (excludes halogenated alkanes) is 1. The van der Waals surface area contributed by atoms with Crippen molar-refractivity contribution in [2.45, 2.75) is 19.8 Å². The van der Waals surface area contributed by atoms with E-state index in [0.717, 1.165) is 18.4 Å². The maximum Gasteiger partial charge on any atom is 0.267 e. The van der Waals surface area contributed by atoms with Gasteiger partial charge in [0.05, 0.1) is 11.6 Å². The minimum atomic E-state index is -0.351. The van der Waals surface area contributed by atoms with E-state index in [4.69, 9.17) is 5.26 Å². The Morgan fingerprint density at radius 3 is 2.38 bits per heavy atom. The first-order chi connectivity index (χ1) is 12.6. The Labute approximate surface area is 153 Å². The number of hydrogen-bond acceptors (Lipinski definition) is 3. The van der Waals surface area contributed by atoms with Gasteiger partial charge in [-0.1, -0.05) is 43.7 Å². The number of hydrogen-bond donors (Lipinski definition) is 2. The number of carbonyl (C=O) groups excluding carboxylic acids is 2. The molecule has 0 saturated heterocycles. The quantitative estimate of drug-likeness (QED) is 0.596. The van der Waals surface area contributed by atoms with Crippen molar-refractivity contribution in [2.75, 3.05) is 6.54 Å². The van der Waals surface area contributed by atoms with Crippen LogP contribution in [0.1, 0.15) is 41.3 Å². The highest BCUT2D eigenvalue weighted by atomic mass is 16.2. The summed E-state index contributed by atoms with van der Waals surface area (Å²) in [5.74, 6) is -0.691. The lowest BCUT2D eigenvalue weighted by molar-refractivity contribution is -0.117. The van der Waals surface area contributed by atoms with Gasteiger partial charge in [-0.2, -0.15) is 5.26 Å². The molecule has 0 aliphatic heterocycles. The molecule has 2 aromatic carbocycles. The lowest BCUT2D eigenvalue weighted by Gasteiger charge is -2.11. The van der Waals surface area contributed by atoms with Crippen molar-refractivity contribution in [3.8, 4) is 6.07 Å². The van der Waals surface area contributed by atoms with Crippen molar-refractivity contribution in [1.82, 2.24) is 10.6 Å². The summed E-state index contributed by atoms with van der Waals surface area (Å²) < 4.78 is 0. The molecule has 0 saturated carbocycles. The number of nitrogens with zero attached hydrogens (tertiary/aromatic N) is 1. The molecule has 0 atom stereocenters. The fourth-order valence-corrected chi connectivity index (χ4v) is 2.24. The fraction of sp³-hybridized carbons (Fsp3) is 0.190. The SMILES string of the molecule is CCCCNC(=O)C(=Cc1ccc(C#N)cc1)NC(=O)c1ccccc1. The molecule has 0 fully saturated rings. The van der Waals surface area contributed by atoms with Crippen LogP contribution in [0.25, 0.3) is 6.08 Å². The summed E-state index contributed by atoms with van der Waals surface area (Å²) in [6.45, 7) is 2.58. The molecule has 0 spiro atoms. The average molecular weight is 347 g/mol. The second kappa shape index (κ2) is 9.80. The van der Waals surface area contributed by atoms with Crippen LogP contribution in [0.4, 0.5) is 0 Å². The van der Waals surface area contributed by atoms with Crippen molar-refractivity contribution in [3.63, 3.8) is 0 Å². The van der Waals surface area contributed by atoms with Crippen molar-refractivity contribution in [1.29, 1.82) is 5.26 Å². The molecular formula is C21H21N3O2. The lowest BCUT2D eigenvalue weighted by Crippen LogP contribution is -2.35. The van der Waals surface area contributed by atoms with Gasteiger partial charge in [0, 0.05) is 12.1 Å². The smallest absolute Gasteiger partial charge is 0.267 e. The number of carbonyl (C=O) groups is 2. The van der Waals surface area contributed by atoms with Crippen molar-refractivity contribution < 1.29 is 9.59 Å². The number of benzene rings is 2. The van der Waals surface area contributed by atoms with E-state index in [9.17, 15) is 9.59 Å². The minimum Gasteiger partial charge on any atom is -0.351 e. The maximum atomic E-state index is 12.5. The monoisotopic (exact) mass is 347 g/mol. The van der Waals surface area contributed by atoms with Crippen LogP contribution < -0.4 is 10.6 Å². The molecule has 0 aliphatic rings. The normalized spacial score (nSPS) is 10.7. The molecule has 0 radical (unpaired) electrons. The predicted molar refractivity (Wildman–Crippen MR) is 101 cm³/mol. The van der Waals surface area contributed by atoms with E-state index in [1.165, 1.54) is 0 Å². The molecule has 0 bridgehead atoms. The van der Waals surface area contributed by atoms with E-state index in [1.54, 1.807) is 54.6 Å². The van der Waals surface area contributed by atoms with E-state index < -0.39 is 0 Å². The maximum absolute atomic E-state index is 12.5. The standard InChI is InChI=1S/C21H21N3O2/c1-2-3-13-23-21(26)19(14-16-9-11-17(15-22)12-10-16)24-20(25)18-7-5-4-6-8-18/h4-12,14H,2-3,13H2,1H3,(H,23,26)(H,24,25). The van der Waals surface area contributed by atoms with Crippen LogP contribution in [-0.2, 0) is 4.79 Å². The zero-order valence-electron chi connectivity index (χ0n) is 14.7. The predicted octanol–water partition coefficient (Wildman–Crippen LogP) is 3.25. The van der Waals surface area contributed by atoms with Crippen LogP contribution >= 0.6 is 0 Å². The Hall–Kier alpha value is -3.39. The second-order valence-electron chi connectivity index (χ2n) is 5.72. The third-order valence-electron chi connectivity index (χ3n) is 3.70. The van der Waals surface area contributed by atoms with Gasteiger partial charge < -0.3 is 10.6 Å². The van der Waals surface area contributed by atoms with Gasteiger partial charge >= 0.3 is 0 Å². The molecule has 5 heteroatoms. The van der Waals surface area contributed by atoms with Gasteiger partial charge in [0.1, 0.15) is 5.70 Å². The number of amides is 2. The third kappa shape index (κ3) is 5.60. The van der Waals surface area contributed by atoms with Gasteiger partial charge in [-0.25, -0.2) is 0 Å². The van der Waals surface area contributed by atoms with Gasteiger partial charge in [0.2, 0.25) is 0 Å². The second-order valence-corrected chi connectivity index (χ2v) is 5.72. The molecule has 26 heavy (non-hydrogen) atoms. The first-order valence-electron chi connectivity index (χ1n) is 8.50. The summed E-state index contributed by atoms with van der Waals surface area (Å²) in [4.78, 5) is 24.9. The summed E-state index contributed by atoms with van der Waals surface area (Å²) in [5.41, 5.74) is 1.89. The molecule has 132 valence electrons. The topological polar surface area (TPSA) is 82.0 Å². The molecule has 0 aromatic heterocycles. The molecule has 2 N–H and O–H groups in total. The third-order valence-corrected chi connectivity index (χ3v) is 3.70. The minimum absolute atomic E-state index is 0.166. The molecule has 2 amide bonds. The van der Waals surface area contributed by atoms with Crippen LogP contribution in [-0.4, -0.2) is 18.4 Å². The highest BCUT2D eigenvalue weighted by Gasteiger charge is 2.14. The number of nitrogens with one attached hydrogen (secondary N) is 2. The van der Waals surface area contributed by atoms with Gasteiger partial charge in [-0.15, -0.1) is 0 Å². The average Bonchev–Trinajstić information content (AvgIpc) is 2.68. The fourth-order valence-electron chi connectivity index (χ4n) is 2.24. The molecule has 0 unspecified atom stereocenters. The molecule has 0 heterocycles. The molecule has 5 nitrogen and oxygen atoms in total.